The van der Waals surface area contributed by atoms with E-state index in [4.69, 9.17) is 15.5 Å². The molecule has 0 atom stereocenters. The second-order valence-electron chi connectivity index (χ2n) is 5.06. The highest BCUT2D eigenvalue weighted by Gasteiger charge is 2.20. The van der Waals surface area contributed by atoms with E-state index in [-0.39, 0.29) is 0 Å². The Morgan fingerprint density at radius 1 is 1.24 bits per heavy atom. The Morgan fingerprint density at radius 3 is 2.71 bits per heavy atom. The average Bonchev–Trinajstić information content (AvgIpc) is 2.95. The zero-order chi connectivity index (χ0) is 15.0. The van der Waals surface area contributed by atoms with Gasteiger partial charge in [0.25, 0.3) is 0 Å². The largest absolute Gasteiger partial charge is 0.384 e. The van der Waals surface area contributed by atoms with Crippen molar-refractivity contribution in [2.24, 2.45) is 14.1 Å². The number of aromatic nitrogens is 4. The van der Waals surface area contributed by atoms with E-state index < -0.39 is 0 Å². The predicted molar refractivity (Wildman–Crippen MR) is 82.9 cm³/mol. The molecule has 6 nitrogen and oxygen atoms in total. The van der Waals surface area contributed by atoms with Crippen LogP contribution in [0.1, 0.15) is 5.69 Å². The van der Waals surface area contributed by atoms with Crippen LogP contribution in [0.5, 0.6) is 0 Å². The van der Waals surface area contributed by atoms with E-state index in [1.54, 1.807) is 11.8 Å². The summed E-state index contributed by atoms with van der Waals surface area (Å²) in [7, 11) is 5.52. The molecule has 0 bridgehead atoms. The van der Waals surface area contributed by atoms with E-state index >= 15 is 0 Å². The zero-order valence-electron chi connectivity index (χ0n) is 12.5. The van der Waals surface area contributed by atoms with Crippen LogP contribution in [-0.2, 0) is 25.3 Å². The van der Waals surface area contributed by atoms with Gasteiger partial charge in [-0.05, 0) is 12.1 Å². The van der Waals surface area contributed by atoms with Gasteiger partial charge in [0.1, 0.15) is 11.6 Å². The molecule has 2 heterocycles. The van der Waals surface area contributed by atoms with Crippen molar-refractivity contribution < 1.29 is 4.74 Å². The maximum absolute atomic E-state index is 6.20. The molecule has 6 heteroatoms. The van der Waals surface area contributed by atoms with Crippen LogP contribution in [-0.4, -0.2) is 33.0 Å². The quantitative estimate of drug-likeness (QED) is 0.792. The summed E-state index contributed by atoms with van der Waals surface area (Å²) < 4.78 is 8.91. The van der Waals surface area contributed by atoms with Crippen molar-refractivity contribution >= 4 is 16.9 Å². The average molecular weight is 285 g/mol. The third-order valence-electron chi connectivity index (χ3n) is 3.72. The van der Waals surface area contributed by atoms with Crippen molar-refractivity contribution in [3.05, 3.63) is 30.0 Å². The summed E-state index contributed by atoms with van der Waals surface area (Å²) in [5.74, 6) is 1.47. The molecule has 0 spiro atoms. The van der Waals surface area contributed by atoms with Crippen molar-refractivity contribution in [2.45, 2.75) is 6.42 Å². The molecule has 0 aliphatic heterocycles. The van der Waals surface area contributed by atoms with Gasteiger partial charge in [0.15, 0.2) is 0 Å². The third kappa shape index (κ3) is 2.17. The van der Waals surface area contributed by atoms with Gasteiger partial charge < -0.3 is 15.0 Å². The van der Waals surface area contributed by atoms with Crippen LogP contribution in [0.15, 0.2) is 24.3 Å². The predicted octanol–water partition coefficient (Wildman–Crippen LogP) is 1.74. The highest BCUT2D eigenvalue weighted by atomic mass is 16.5. The lowest BCUT2D eigenvalue weighted by Gasteiger charge is -2.04. The van der Waals surface area contributed by atoms with Crippen LogP contribution in [0.25, 0.3) is 22.4 Å². The van der Waals surface area contributed by atoms with E-state index in [0.717, 1.165) is 28.1 Å². The summed E-state index contributed by atoms with van der Waals surface area (Å²) in [5, 5.41) is 4.49. The van der Waals surface area contributed by atoms with Crippen LogP contribution in [0.2, 0.25) is 0 Å². The van der Waals surface area contributed by atoms with Crippen molar-refractivity contribution in [1.82, 2.24) is 19.3 Å². The zero-order valence-corrected chi connectivity index (χ0v) is 12.5. The number of nitrogens with two attached hydrogens (primary N) is 1. The Morgan fingerprint density at radius 2 is 2.00 bits per heavy atom. The molecule has 3 aromatic rings. The lowest BCUT2D eigenvalue weighted by molar-refractivity contribution is 0.201. The molecule has 0 amide bonds. The van der Waals surface area contributed by atoms with Crippen LogP contribution < -0.4 is 5.73 Å². The number of anilines is 1. The van der Waals surface area contributed by atoms with E-state index in [1.165, 1.54) is 0 Å². The smallest absolute Gasteiger partial charge is 0.146 e. The van der Waals surface area contributed by atoms with Crippen LogP contribution in [0.3, 0.4) is 0 Å². The first kappa shape index (κ1) is 13.6. The van der Waals surface area contributed by atoms with Crippen LogP contribution >= 0.6 is 0 Å². The molecule has 0 fully saturated rings. The van der Waals surface area contributed by atoms with Gasteiger partial charge >= 0.3 is 0 Å². The first-order valence-corrected chi connectivity index (χ1v) is 6.85. The number of imidazole rings is 1. The van der Waals surface area contributed by atoms with Gasteiger partial charge in [-0.3, -0.25) is 4.68 Å². The SMILES string of the molecule is COCCc1nn(C)c(N)c1-c1nc2ccccc2n1C. The number of hydrogen-bond donors (Lipinski definition) is 1. The minimum Gasteiger partial charge on any atom is -0.384 e. The van der Waals surface area contributed by atoms with Crippen molar-refractivity contribution in [3.63, 3.8) is 0 Å². The topological polar surface area (TPSA) is 70.9 Å². The van der Waals surface area contributed by atoms with Gasteiger partial charge in [-0.2, -0.15) is 5.10 Å². The minimum atomic E-state index is 0.605. The van der Waals surface area contributed by atoms with Gasteiger partial charge in [-0.25, -0.2) is 4.98 Å². The summed E-state index contributed by atoms with van der Waals surface area (Å²) >= 11 is 0. The number of benzene rings is 1. The molecule has 0 aliphatic carbocycles. The lowest BCUT2D eigenvalue weighted by atomic mass is 10.1. The highest BCUT2D eigenvalue weighted by Crippen LogP contribution is 2.31. The summed E-state index contributed by atoms with van der Waals surface area (Å²) in [5.41, 5.74) is 10.0. The number of nitrogen functional groups attached to an aromatic ring is 1. The second-order valence-corrected chi connectivity index (χ2v) is 5.06. The molecule has 0 saturated heterocycles. The Balaban J connectivity index is 2.20. The van der Waals surface area contributed by atoms with Gasteiger partial charge in [0, 0.05) is 27.6 Å². The standard InChI is InChI=1S/C15H19N5O/c1-19-12-7-5-4-6-10(12)17-15(19)13-11(8-9-21-3)18-20(2)14(13)16/h4-7H,8-9,16H2,1-3H3. The molecule has 0 radical (unpaired) electrons. The summed E-state index contributed by atoms with van der Waals surface area (Å²) in [6.45, 7) is 0.605. The Labute approximate surface area is 123 Å². The molecule has 2 N–H and O–H groups in total. The molecule has 21 heavy (non-hydrogen) atoms. The fourth-order valence-electron chi connectivity index (χ4n) is 2.58. The first-order valence-electron chi connectivity index (χ1n) is 6.85. The molecule has 0 saturated carbocycles. The molecule has 1 aromatic carbocycles. The first-order chi connectivity index (χ1) is 10.1. The molecular formula is C15H19N5O. The van der Waals surface area contributed by atoms with Gasteiger partial charge in [0.05, 0.1) is 28.9 Å². The van der Waals surface area contributed by atoms with Crippen LogP contribution in [0.4, 0.5) is 5.82 Å². The fourth-order valence-corrected chi connectivity index (χ4v) is 2.58. The number of para-hydroxylation sites is 2. The summed E-state index contributed by atoms with van der Waals surface area (Å²) in [4.78, 5) is 4.71. The van der Waals surface area contributed by atoms with Gasteiger partial charge in [-0.15, -0.1) is 0 Å². The van der Waals surface area contributed by atoms with Crippen LogP contribution in [0, 0.1) is 0 Å². The number of hydrogen-bond acceptors (Lipinski definition) is 4. The van der Waals surface area contributed by atoms with Crippen molar-refractivity contribution in [2.75, 3.05) is 19.5 Å². The molecule has 110 valence electrons. The summed E-state index contributed by atoms with van der Waals surface area (Å²) in [6.07, 6.45) is 0.708. The maximum Gasteiger partial charge on any atom is 0.146 e. The molecule has 2 aromatic heterocycles. The van der Waals surface area contributed by atoms with E-state index in [2.05, 4.69) is 9.67 Å². The number of aryl methyl sites for hydroxylation is 2. The second kappa shape index (κ2) is 5.21. The van der Waals surface area contributed by atoms with Crippen molar-refractivity contribution in [1.29, 1.82) is 0 Å². The molecule has 0 aliphatic rings. The molecular weight excluding hydrogens is 266 g/mol. The molecule has 0 unspecified atom stereocenters. The number of rotatable bonds is 4. The third-order valence-corrected chi connectivity index (χ3v) is 3.72. The van der Waals surface area contributed by atoms with E-state index in [1.807, 2.05) is 38.4 Å². The fraction of sp³-hybridized carbons (Fsp3) is 0.333. The number of methoxy groups -OCH3 is 1. The molecule has 3 rings (SSSR count). The number of ether oxygens (including phenoxy) is 1. The van der Waals surface area contributed by atoms with E-state index in [9.17, 15) is 0 Å². The Hall–Kier alpha value is -2.34. The van der Waals surface area contributed by atoms with Crippen molar-refractivity contribution in [3.8, 4) is 11.4 Å². The maximum atomic E-state index is 6.20. The monoisotopic (exact) mass is 285 g/mol. The Kier molecular flexibility index (Phi) is 3.39. The number of nitrogens with zero attached hydrogens (tertiary/aromatic N) is 4. The van der Waals surface area contributed by atoms with Gasteiger partial charge in [-0.1, -0.05) is 12.1 Å². The summed E-state index contributed by atoms with van der Waals surface area (Å²) in [6, 6.07) is 8.04. The lowest BCUT2D eigenvalue weighted by Crippen LogP contribution is -2.01. The minimum absolute atomic E-state index is 0.605. The Bertz CT molecular complexity index is 787. The normalized spacial score (nSPS) is 11.4. The van der Waals surface area contributed by atoms with E-state index in [0.29, 0.717) is 18.8 Å². The van der Waals surface area contributed by atoms with Gasteiger partial charge in [0.2, 0.25) is 0 Å². The highest BCUT2D eigenvalue weighted by molar-refractivity contribution is 5.83. The number of fused-ring (bicyclic) bond motifs is 1.